The normalized spacial score (nSPS) is 10.9. The molecule has 1 aromatic heterocycles. The van der Waals surface area contributed by atoms with E-state index in [0.29, 0.717) is 17.8 Å². The standard InChI is InChI=1S/C12H19N3O2/c1-7(2)9-5-13-12(14-6-10(16)17)15-11(9)8(3)4/h5,7-8H,6H2,1-4H3,(H,16,17)(H,13,14,15). The van der Waals surface area contributed by atoms with Crippen molar-refractivity contribution in [3.63, 3.8) is 0 Å². The van der Waals surface area contributed by atoms with Gasteiger partial charge in [0.1, 0.15) is 6.54 Å². The Kier molecular flexibility index (Phi) is 4.43. The summed E-state index contributed by atoms with van der Waals surface area (Å²) < 4.78 is 0. The third-order valence-corrected chi connectivity index (χ3v) is 2.41. The average molecular weight is 237 g/mol. The summed E-state index contributed by atoms with van der Waals surface area (Å²) in [5.74, 6) is 0.106. The number of nitrogens with one attached hydrogen (secondary N) is 1. The Hall–Kier alpha value is -1.65. The van der Waals surface area contributed by atoms with Crippen LogP contribution < -0.4 is 5.32 Å². The lowest BCUT2D eigenvalue weighted by Crippen LogP contribution is -2.15. The van der Waals surface area contributed by atoms with Crippen LogP contribution in [0.5, 0.6) is 0 Å². The van der Waals surface area contributed by atoms with Gasteiger partial charge in [0.15, 0.2) is 0 Å². The van der Waals surface area contributed by atoms with Crippen LogP contribution in [0.25, 0.3) is 0 Å². The Morgan fingerprint density at radius 2 is 2.00 bits per heavy atom. The minimum absolute atomic E-state index is 0.168. The molecule has 0 saturated carbocycles. The Labute approximate surface area is 101 Å². The highest BCUT2D eigenvalue weighted by Crippen LogP contribution is 2.24. The number of rotatable bonds is 5. The van der Waals surface area contributed by atoms with E-state index in [1.54, 1.807) is 6.20 Å². The van der Waals surface area contributed by atoms with Crippen molar-refractivity contribution < 1.29 is 9.90 Å². The van der Waals surface area contributed by atoms with Crippen molar-refractivity contribution in [3.05, 3.63) is 17.5 Å². The molecule has 0 radical (unpaired) electrons. The smallest absolute Gasteiger partial charge is 0.322 e. The van der Waals surface area contributed by atoms with Crippen LogP contribution in [0.15, 0.2) is 6.20 Å². The van der Waals surface area contributed by atoms with E-state index in [2.05, 4.69) is 43.0 Å². The largest absolute Gasteiger partial charge is 0.480 e. The molecule has 5 nitrogen and oxygen atoms in total. The Morgan fingerprint density at radius 1 is 1.35 bits per heavy atom. The number of carbonyl (C=O) groups is 1. The highest BCUT2D eigenvalue weighted by atomic mass is 16.4. The van der Waals surface area contributed by atoms with Gasteiger partial charge in [-0.1, -0.05) is 27.7 Å². The van der Waals surface area contributed by atoms with Crippen molar-refractivity contribution in [2.24, 2.45) is 0 Å². The predicted octanol–water partition coefficient (Wildman–Crippen LogP) is 2.22. The first kappa shape index (κ1) is 13.4. The van der Waals surface area contributed by atoms with Crippen molar-refractivity contribution in [2.45, 2.75) is 39.5 Å². The fraction of sp³-hybridized carbons (Fsp3) is 0.583. The Morgan fingerprint density at radius 3 is 2.47 bits per heavy atom. The van der Waals surface area contributed by atoms with Crippen LogP contribution in [0, 0.1) is 0 Å². The summed E-state index contributed by atoms with van der Waals surface area (Å²) in [4.78, 5) is 19.0. The molecule has 0 aliphatic carbocycles. The van der Waals surface area contributed by atoms with Crippen LogP contribution in [-0.2, 0) is 4.79 Å². The van der Waals surface area contributed by atoms with Gasteiger partial charge in [0.2, 0.25) is 5.95 Å². The molecule has 0 atom stereocenters. The Bertz CT molecular complexity index is 403. The summed E-state index contributed by atoms with van der Waals surface area (Å²) in [5, 5.41) is 11.3. The molecule has 0 fully saturated rings. The van der Waals surface area contributed by atoms with Crippen LogP contribution in [0.1, 0.15) is 50.8 Å². The zero-order valence-electron chi connectivity index (χ0n) is 10.7. The summed E-state index contributed by atoms with van der Waals surface area (Å²) in [7, 11) is 0. The molecule has 1 rings (SSSR count). The van der Waals surface area contributed by atoms with Gasteiger partial charge >= 0.3 is 5.97 Å². The number of hydrogen-bond donors (Lipinski definition) is 2. The van der Waals surface area contributed by atoms with Gasteiger partial charge in [0.25, 0.3) is 0 Å². The monoisotopic (exact) mass is 237 g/mol. The molecule has 5 heteroatoms. The highest BCUT2D eigenvalue weighted by molar-refractivity contribution is 5.71. The summed E-state index contributed by atoms with van der Waals surface area (Å²) in [6, 6.07) is 0. The van der Waals surface area contributed by atoms with E-state index in [0.717, 1.165) is 11.3 Å². The van der Waals surface area contributed by atoms with Gasteiger partial charge in [0, 0.05) is 6.20 Å². The second-order valence-corrected chi connectivity index (χ2v) is 4.59. The first-order valence-electron chi connectivity index (χ1n) is 5.74. The topological polar surface area (TPSA) is 75.1 Å². The van der Waals surface area contributed by atoms with Crippen molar-refractivity contribution in [1.82, 2.24) is 9.97 Å². The second-order valence-electron chi connectivity index (χ2n) is 4.59. The molecule has 94 valence electrons. The maximum atomic E-state index is 10.4. The predicted molar refractivity (Wildman–Crippen MR) is 66.3 cm³/mol. The van der Waals surface area contributed by atoms with E-state index < -0.39 is 5.97 Å². The molecule has 0 aliphatic heterocycles. The van der Waals surface area contributed by atoms with Gasteiger partial charge in [-0.15, -0.1) is 0 Å². The lowest BCUT2D eigenvalue weighted by atomic mass is 9.97. The highest BCUT2D eigenvalue weighted by Gasteiger charge is 2.13. The number of anilines is 1. The van der Waals surface area contributed by atoms with Crippen molar-refractivity contribution >= 4 is 11.9 Å². The zero-order chi connectivity index (χ0) is 13.0. The molecule has 0 spiro atoms. The van der Waals surface area contributed by atoms with E-state index in [4.69, 9.17) is 5.11 Å². The van der Waals surface area contributed by atoms with E-state index in [-0.39, 0.29) is 6.54 Å². The molecule has 0 saturated heterocycles. The number of hydrogen-bond acceptors (Lipinski definition) is 4. The molecule has 1 heterocycles. The van der Waals surface area contributed by atoms with Gasteiger partial charge in [-0.25, -0.2) is 9.97 Å². The van der Waals surface area contributed by atoms with Crippen molar-refractivity contribution in [2.75, 3.05) is 11.9 Å². The summed E-state index contributed by atoms with van der Waals surface area (Å²) in [5.41, 5.74) is 2.09. The number of carboxylic acid groups (broad SMARTS) is 1. The quantitative estimate of drug-likeness (QED) is 0.821. The van der Waals surface area contributed by atoms with Gasteiger partial charge in [-0.05, 0) is 17.4 Å². The van der Waals surface area contributed by atoms with E-state index in [9.17, 15) is 4.79 Å². The first-order valence-corrected chi connectivity index (χ1v) is 5.74. The van der Waals surface area contributed by atoms with Gasteiger partial charge in [-0.3, -0.25) is 4.79 Å². The lowest BCUT2D eigenvalue weighted by molar-refractivity contribution is -0.134. The van der Waals surface area contributed by atoms with Gasteiger partial charge < -0.3 is 10.4 Å². The maximum Gasteiger partial charge on any atom is 0.322 e. The number of nitrogens with zero attached hydrogens (tertiary/aromatic N) is 2. The van der Waals surface area contributed by atoms with Crippen molar-refractivity contribution in [1.29, 1.82) is 0 Å². The molecule has 17 heavy (non-hydrogen) atoms. The van der Waals surface area contributed by atoms with Crippen molar-refractivity contribution in [3.8, 4) is 0 Å². The van der Waals surface area contributed by atoms with Crippen LogP contribution >= 0.6 is 0 Å². The molecule has 0 amide bonds. The average Bonchev–Trinajstić information content (AvgIpc) is 2.25. The van der Waals surface area contributed by atoms with E-state index in [1.165, 1.54) is 0 Å². The van der Waals surface area contributed by atoms with Crippen LogP contribution in [-0.4, -0.2) is 27.6 Å². The number of aromatic nitrogens is 2. The molecular weight excluding hydrogens is 218 g/mol. The van der Waals surface area contributed by atoms with E-state index in [1.807, 2.05) is 0 Å². The van der Waals surface area contributed by atoms with Crippen LogP contribution in [0.3, 0.4) is 0 Å². The molecule has 0 unspecified atom stereocenters. The summed E-state index contributed by atoms with van der Waals surface area (Å²) in [6.07, 6.45) is 1.77. The van der Waals surface area contributed by atoms with Gasteiger partial charge in [0.05, 0.1) is 5.69 Å². The minimum atomic E-state index is -0.923. The van der Waals surface area contributed by atoms with Crippen LogP contribution in [0.4, 0.5) is 5.95 Å². The SMILES string of the molecule is CC(C)c1cnc(NCC(=O)O)nc1C(C)C. The number of carboxylic acids is 1. The maximum absolute atomic E-state index is 10.4. The molecule has 0 bridgehead atoms. The van der Waals surface area contributed by atoms with Crippen LogP contribution in [0.2, 0.25) is 0 Å². The molecule has 1 aromatic rings. The molecule has 0 aliphatic rings. The fourth-order valence-corrected chi connectivity index (χ4v) is 1.55. The number of aliphatic carboxylic acids is 1. The zero-order valence-corrected chi connectivity index (χ0v) is 10.7. The summed E-state index contributed by atoms with van der Waals surface area (Å²) >= 11 is 0. The van der Waals surface area contributed by atoms with E-state index >= 15 is 0 Å². The second kappa shape index (κ2) is 5.61. The third kappa shape index (κ3) is 3.69. The lowest BCUT2D eigenvalue weighted by Gasteiger charge is -2.15. The first-order chi connectivity index (χ1) is 7.91. The molecular formula is C12H19N3O2. The molecule has 2 N–H and O–H groups in total. The minimum Gasteiger partial charge on any atom is -0.480 e. The van der Waals surface area contributed by atoms with Gasteiger partial charge in [-0.2, -0.15) is 0 Å². The Balaban J connectivity index is 2.97. The molecule has 0 aromatic carbocycles. The summed E-state index contributed by atoms with van der Waals surface area (Å²) in [6.45, 7) is 8.15. The fourth-order valence-electron chi connectivity index (χ4n) is 1.55. The third-order valence-electron chi connectivity index (χ3n) is 2.41.